The number of ether oxygens (including phenoxy) is 2. The van der Waals surface area contributed by atoms with Crippen LogP contribution in [-0.4, -0.2) is 24.6 Å². The molecule has 0 radical (unpaired) electrons. The van der Waals surface area contributed by atoms with Gasteiger partial charge in [-0.15, -0.1) is 0 Å². The van der Waals surface area contributed by atoms with E-state index in [1.807, 2.05) is 0 Å². The minimum Gasteiger partial charge on any atom is -0.514 e. The number of hydrogen-bond acceptors (Lipinski definition) is 4. The Labute approximate surface area is 72.0 Å². The Morgan fingerprint density at radius 1 is 1.50 bits per heavy atom. The van der Waals surface area contributed by atoms with Crippen LogP contribution in [0.3, 0.4) is 0 Å². The second-order valence-electron chi connectivity index (χ2n) is 1.94. The SMILES string of the molecule is CCOC(OCC)/C(C#N)=C\O. The topological polar surface area (TPSA) is 62.5 Å². The Balaban J connectivity index is 4.18. The molecular weight excluding hydrogens is 158 g/mol. The summed E-state index contributed by atoms with van der Waals surface area (Å²) in [5, 5.41) is 17.1. The van der Waals surface area contributed by atoms with Gasteiger partial charge in [0.2, 0.25) is 0 Å². The first kappa shape index (κ1) is 11.0. The Hall–Kier alpha value is -1.05. The molecule has 0 saturated carbocycles. The van der Waals surface area contributed by atoms with Crippen LogP contribution >= 0.6 is 0 Å². The molecule has 0 fully saturated rings. The van der Waals surface area contributed by atoms with Crippen molar-refractivity contribution in [2.45, 2.75) is 20.1 Å². The number of aliphatic hydroxyl groups excluding tert-OH is 1. The van der Waals surface area contributed by atoms with Gasteiger partial charge < -0.3 is 14.6 Å². The van der Waals surface area contributed by atoms with Gasteiger partial charge in [-0.3, -0.25) is 0 Å². The lowest BCUT2D eigenvalue weighted by molar-refractivity contribution is -0.109. The molecule has 0 aliphatic carbocycles. The first-order valence-corrected chi connectivity index (χ1v) is 3.77. The Kier molecular flexibility index (Phi) is 6.07. The molecular formula is C8H13NO3. The number of aliphatic hydroxyl groups is 1. The average molecular weight is 171 g/mol. The summed E-state index contributed by atoms with van der Waals surface area (Å²) in [7, 11) is 0. The smallest absolute Gasteiger partial charge is 0.196 e. The largest absolute Gasteiger partial charge is 0.514 e. The molecule has 4 heteroatoms. The van der Waals surface area contributed by atoms with E-state index in [1.54, 1.807) is 19.9 Å². The van der Waals surface area contributed by atoms with Crippen molar-refractivity contribution in [2.24, 2.45) is 0 Å². The molecule has 1 N–H and O–H groups in total. The van der Waals surface area contributed by atoms with Crippen LogP contribution in [0.2, 0.25) is 0 Å². The van der Waals surface area contributed by atoms with E-state index < -0.39 is 6.29 Å². The zero-order chi connectivity index (χ0) is 9.40. The van der Waals surface area contributed by atoms with Gasteiger partial charge in [-0.2, -0.15) is 5.26 Å². The van der Waals surface area contributed by atoms with Crippen LogP contribution in [0.15, 0.2) is 11.8 Å². The fourth-order valence-electron chi connectivity index (χ4n) is 0.673. The fourth-order valence-corrected chi connectivity index (χ4v) is 0.673. The summed E-state index contributed by atoms with van der Waals surface area (Å²) in [6.07, 6.45) is -0.0364. The van der Waals surface area contributed by atoms with Crippen molar-refractivity contribution in [3.05, 3.63) is 11.8 Å². The molecule has 4 nitrogen and oxygen atoms in total. The van der Waals surface area contributed by atoms with Crippen LogP contribution in [0.4, 0.5) is 0 Å². The summed E-state index contributed by atoms with van der Waals surface area (Å²) in [4.78, 5) is 0. The van der Waals surface area contributed by atoms with E-state index in [0.717, 1.165) is 0 Å². The first-order valence-electron chi connectivity index (χ1n) is 3.77. The third kappa shape index (κ3) is 3.37. The molecule has 68 valence electrons. The molecule has 0 aromatic rings. The summed E-state index contributed by atoms with van der Waals surface area (Å²) in [6, 6.07) is 1.78. The summed E-state index contributed by atoms with van der Waals surface area (Å²) in [5.74, 6) is 0. The minimum atomic E-state index is -0.741. The van der Waals surface area contributed by atoms with Crippen molar-refractivity contribution in [1.29, 1.82) is 5.26 Å². The van der Waals surface area contributed by atoms with E-state index in [2.05, 4.69) is 0 Å². The van der Waals surface area contributed by atoms with E-state index in [4.69, 9.17) is 19.8 Å². The highest BCUT2D eigenvalue weighted by Crippen LogP contribution is 2.06. The van der Waals surface area contributed by atoms with Gasteiger partial charge in [0.05, 0.1) is 6.26 Å². The van der Waals surface area contributed by atoms with E-state index in [9.17, 15) is 0 Å². The maximum absolute atomic E-state index is 8.61. The van der Waals surface area contributed by atoms with Crippen LogP contribution in [0.25, 0.3) is 0 Å². The third-order valence-corrected chi connectivity index (χ3v) is 1.16. The van der Waals surface area contributed by atoms with Gasteiger partial charge in [0.15, 0.2) is 6.29 Å². The van der Waals surface area contributed by atoms with Crippen LogP contribution in [-0.2, 0) is 9.47 Å². The Morgan fingerprint density at radius 2 is 2.00 bits per heavy atom. The van der Waals surface area contributed by atoms with Gasteiger partial charge in [-0.05, 0) is 13.8 Å². The van der Waals surface area contributed by atoms with Crippen molar-refractivity contribution in [1.82, 2.24) is 0 Å². The monoisotopic (exact) mass is 171 g/mol. The molecule has 0 aromatic carbocycles. The molecule has 0 saturated heterocycles. The second-order valence-corrected chi connectivity index (χ2v) is 1.94. The summed E-state index contributed by atoms with van der Waals surface area (Å²) in [6.45, 7) is 4.45. The average Bonchev–Trinajstić information content (AvgIpc) is 2.07. The van der Waals surface area contributed by atoms with E-state index >= 15 is 0 Å². The Morgan fingerprint density at radius 3 is 2.25 bits per heavy atom. The normalized spacial score (nSPS) is 11.7. The van der Waals surface area contributed by atoms with Gasteiger partial charge in [-0.1, -0.05) is 0 Å². The maximum Gasteiger partial charge on any atom is 0.196 e. The van der Waals surface area contributed by atoms with Crippen molar-refractivity contribution in [2.75, 3.05) is 13.2 Å². The molecule has 0 spiro atoms. The maximum atomic E-state index is 8.61. The highest BCUT2D eigenvalue weighted by atomic mass is 16.7. The molecule has 0 amide bonds. The fraction of sp³-hybridized carbons (Fsp3) is 0.625. The predicted molar refractivity (Wildman–Crippen MR) is 43.4 cm³/mol. The number of rotatable bonds is 5. The highest BCUT2D eigenvalue weighted by molar-refractivity contribution is 5.20. The van der Waals surface area contributed by atoms with Crippen molar-refractivity contribution in [3.63, 3.8) is 0 Å². The van der Waals surface area contributed by atoms with Crippen LogP contribution < -0.4 is 0 Å². The molecule has 0 unspecified atom stereocenters. The van der Waals surface area contributed by atoms with Gasteiger partial charge in [0.1, 0.15) is 11.6 Å². The summed E-state index contributed by atoms with van der Waals surface area (Å²) >= 11 is 0. The van der Waals surface area contributed by atoms with Crippen LogP contribution in [0.5, 0.6) is 0 Å². The van der Waals surface area contributed by atoms with E-state index in [1.165, 1.54) is 0 Å². The van der Waals surface area contributed by atoms with Crippen LogP contribution in [0.1, 0.15) is 13.8 Å². The zero-order valence-corrected chi connectivity index (χ0v) is 7.28. The van der Waals surface area contributed by atoms with Gasteiger partial charge >= 0.3 is 0 Å². The second kappa shape index (κ2) is 6.65. The highest BCUT2D eigenvalue weighted by Gasteiger charge is 2.13. The van der Waals surface area contributed by atoms with Gasteiger partial charge in [0, 0.05) is 13.2 Å². The molecule has 12 heavy (non-hydrogen) atoms. The molecule has 0 rings (SSSR count). The lowest BCUT2D eigenvalue weighted by Gasteiger charge is -2.14. The first-order chi connectivity index (χ1) is 5.79. The standard InChI is InChI=1S/C8H13NO3/c1-3-11-8(12-4-2)7(5-9)6-10/h6,8,10H,3-4H2,1-2H3/b7-6-. The number of hydrogen-bond donors (Lipinski definition) is 1. The lowest BCUT2D eigenvalue weighted by atomic mass is 10.3. The third-order valence-electron chi connectivity index (χ3n) is 1.16. The quantitative estimate of drug-likeness (QED) is 0.385. The molecule has 0 bridgehead atoms. The van der Waals surface area contributed by atoms with Crippen molar-refractivity contribution in [3.8, 4) is 6.07 Å². The number of nitrogens with zero attached hydrogens (tertiary/aromatic N) is 1. The molecule has 0 aromatic heterocycles. The Bertz CT molecular complexity index is 177. The van der Waals surface area contributed by atoms with Crippen LogP contribution in [0, 0.1) is 11.3 Å². The molecule has 0 aliphatic heterocycles. The van der Waals surface area contributed by atoms with Gasteiger partial charge in [0.25, 0.3) is 0 Å². The number of nitriles is 1. The van der Waals surface area contributed by atoms with Crippen molar-refractivity contribution < 1.29 is 14.6 Å². The van der Waals surface area contributed by atoms with Gasteiger partial charge in [-0.25, -0.2) is 0 Å². The summed E-state index contributed by atoms with van der Waals surface area (Å²) < 4.78 is 10.1. The zero-order valence-electron chi connectivity index (χ0n) is 7.28. The summed E-state index contributed by atoms with van der Waals surface area (Å²) in [5.41, 5.74) is 0.0821. The molecule has 0 heterocycles. The van der Waals surface area contributed by atoms with E-state index in [0.29, 0.717) is 19.5 Å². The van der Waals surface area contributed by atoms with Crippen molar-refractivity contribution >= 4 is 0 Å². The lowest BCUT2D eigenvalue weighted by Crippen LogP contribution is -2.19. The minimum absolute atomic E-state index is 0.0821. The molecule has 0 atom stereocenters. The molecule has 0 aliphatic rings. The predicted octanol–water partition coefficient (Wildman–Crippen LogP) is 1.35. The van der Waals surface area contributed by atoms with E-state index in [-0.39, 0.29) is 5.57 Å².